The summed E-state index contributed by atoms with van der Waals surface area (Å²) in [6.45, 7) is 1.45. The number of amides is 1. The smallest absolute Gasteiger partial charge is 0.387 e. The van der Waals surface area contributed by atoms with Gasteiger partial charge in [0.15, 0.2) is 0 Å². The number of carbonyl (C=O) groups excluding carboxylic acids is 1. The Morgan fingerprint density at radius 3 is 2.57 bits per heavy atom. The van der Waals surface area contributed by atoms with E-state index in [4.69, 9.17) is 5.73 Å². The van der Waals surface area contributed by atoms with Crippen LogP contribution in [-0.4, -0.2) is 40.2 Å². The van der Waals surface area contributed by atoms with E-state index in [1.54, 1.807) is 6.26 Å². The van der Waals surface area contributed by atoms with Crippen molar-refractivity contribution < 1.29 is 23.1 Å². The van der Waals surface area contributed by atoms with Gasteiger partial charge in [-0.2, -0.15) is 24.9 Å². The molecule has 5 nitrogen and oxygen atoms in total. The lowest BCUT2D eigenvalue weighted by Gasteiger charge is -2.23. The summed E-state index contributed by atoms with van der Waals surface area (Å²) < 4.78 is 37.9. The summed E-state index contributed by atoms with van der Waals surface area (Å²) in [5.74, 6) is -0.827. The fourth-order valence-electron chi connectivity index (χ4n) is 1.59. The van der Waals surface area contributed by atoms with Crippen molar-refractivity contribution in [3.05, 3.63) is 23.4 Å². The molecule has 9 heteroatoms. The van der Waals surface area contributed by atoms with Crippen LogP contribution < -0.4 is 11.1 Å². The average molecular weight is 323 g/mol. The van der Waals surface area contributed by atoms with Crippen LogP contribution in [0, 0.1) is 0 Å². The van der Waals surface area contributed by atoms with E-state index in [2.05, 4.69) is 10.3 Å². The molecule has 1 unspecified atom stereocenters. The molecule has 0 radical (unpaired) electrons. The lowest BCUT2D eigenvalue weighted by molar-refractivity contribution is -0.141. The molecule has 0 fully saturated rings. The van der Waals surface area contributed by atoms with E-state index in [1.807, 2.05) is 0 Å². The van der Waals surface area contributed by atoms with Crippen molar-refractivity contribution in [3.63, 3.8) is 0 Å². The standard InChI is InChI=1S/C12H16F3N3O2S/c1-11(20,6-21-2)5-17-10-7(9(16)19)3-4-8(18-10)12(13,14)15/h3-4,20H,5-6H2,1-2H3,(H2,16,19)(H,17,18). The van der Waals surface area contributed by atoms with Crippen LogP contribution in [0.3, 0.4) is 0 Å². The highest BCUT2D eigenvalue weighted by molar-refractivity contribution is 7.98. The first-order valence-corrected chi connectivity index (χ1v) is 7.29. The number of nitrogens with two attached hydrogens (primary N) is 1. The van der Waals surface area contributed by atoms with Crippen LogP contribution in [0.2, 0.25) is 0 Å². The number of hydrogen-bond donors (Lipinski definition) is 3. The molecule has 0 aliphatic heterocycles. The molecule has 0 saturated carbocycles. The Kier molecular flexibility index (Phi) is 5.46. The van der Waals surface area contributed by atoms with Crippen molar-refractivity contribution in [3.8, 4) is 0 Å². The predicted molar refractivity (Wildman–Crippen MR) is 75.3 cm³/mol. The number of pyridine rings is 1. The number of primary amides is 1. The lowest BCUT2D eigenvalue weighted by atomic mass is 10.1. The molecule has 0 saturated heterocycles. The molecule has 1 amide bonds. The lowest BCUT2D eigenvalue weighted by Crippen LogP contribution is -2.36. The maximum atomic E-state index is 12.6. The number of alkyl halides is 3. The van der Waals surface area contributed by atoms with Gasteiger partial charge in [0.1, 0.15) is 11.5 Å². The Bertz CT molecular complexity index is 521. The summed E-state index contributed by atoms with van der Waals surface area (Å²) >= 11 is 1.38. The Labute approximate surface area is 124 Å². The molecule has 21 heavy (non-hydrogen) atoms. The number of thioether (sulfide) groups is 1. The molecule has 0 bridgehead atoms. The average Bonchev–Trinajstić information content (AvgIpc) is 2.34. The zero-order valence-electron chi connectivity index (χ0n) is 11.5. The zero-order valence-corrected chi connectivity index (χ0v) is 12.3. The van der Waals surface area contributed by atoms with Crippen LogP contribution in [0.25, 0.3) is 0 Å². The van der Waals surface area contributed by atoms with E-state index in [9.17, 15) is 23.1 Å². The van der Waals surface area contributed by atoms with Crippen LogP contribution in [0.5, 0.6) is 0 Å². The van der Waals surface area contributed by atoms with Crippen molar-refractivity contribution in [2.45, 2.75) is 18.7 Å². The molecule has 4 N–H and O–H groups in total. The Hall–Kier alpha value is -1.48. The molecule has 0 aromatic carbocycles. The fraction of sp³-hybridized carbons (Fsp3) is 0.500. The summed E-state index contributed by atoms with van der Waals surface area (Å²) in [6.07, 6.45) is -2.85. The van der Waals surface area contributed by atoms with Crippen molar-refractivity contribution in [1.29, 1.82) is 0 Å². The number of nitrogens with one attached hydrogen (secondary N) is 1. The van der Waals surface area contributed by atoms with Crippen LogP contribution in [-0.2, 0) is 6.18 Å². The van der Waals surface area contributed by atoms with Crippen LogP contribution in [0.15, 0.2) is 12.1 Å². The minimum atomic E-state index is -4.63. The van der Waals surface area contributed by atoms with Crippen LogP contribution in [0.4, 0.5) is 19.0 Å². The monoisotopic (exact) mass is 323 g/mol. The maximum Gasteiger partial charge on any atom is 0.433 e. The van der Waals surface area contributed by atoms with Gasteiger partial charge in [0.25, 0.3) is 5.91 Å². The number of aliphatic hydroxyl groups is 1. The minimum absolute atomic E-state index is 0.0670. The van der Waals surface area contributed by atoms with Gasteiger partial charge in [0.2, 0.25) is 0 Å². The second-order valence-electron chi connectivity index (χ2n) is 4.74. The van der Waals surface area contributed by atoms with Crippen LogP contribution in [0.1, 0.15) is 23.0 Å². The topological polar surface area (TPSA) is 88.2 Å². The third kappa shape index (κ3) is 5.09. The van der Waals surface area contributed by atoms with Gasteiger partial charge >= 0.3 is 6.18 Å². The van der Waals surface area contributed by atoms with Gasteiger partial charge in [-0.05, 0) is 25.3 Å². The summed E-state index contributed by atoms with van der Waals surface area (Å²) in [5, 5.41) is 12.5. The van der Waals surface area contributed by atoms with Crippen molar-refractivity contribution in [2.75, 3.05) is 23.9 Å². The van der Waals surface area contributed by atoms with E-state index in [0.29, 0.717) is 11.8 Å². The summed E-state index contributed by atoms with van der Waals surface area (Å²) in [5.41, 5.74) is 2.64. The van der Waals surface area contributed by atoms with Gasteiger partial charge < -0.3 is 16.2 Å². The highest BCUT2D eigenvalue weighted by Gasteiger charge is 2.33. The molecule has 0 aliphatic carbocycles. The minimum Gasteiger partial charge on any atom is -0.387 e. The van der Waals surface area contributed by atoms with Gasteiger partial charge in [-0.25, -0.2) is 4.98 Å². The van der Waals surface area contributed by atoms with Crippen molar-refractivity contribution in [2.24, 2.45) is 5.73 Å². The van der Waals surface area contributed by atoms with E-state index < -0.39 is 23.4 Å². The van der Waals surface area contributed by atoms with Gasteiger partial charge in [-0.15, -0.1) is 0 Å². The normalized spacial score (nSPS) is 14.6. The Morgan fingerprint density at radius 2 is 2.10 bits per heavy atom. The van der Waals surface area contributed by atoms with Gasteiger partial charge in [-0.1, -0.05) is 0 Å². The largest absolute Gasteiger partial charge is 0.433 e. The van der Waals surface area contributed by atoms with Gasteiger partial charge in [0, 0.05) is 12.3 Å². The Morgan fingerprint density at radius 1 is 1.48 bits per heavy atom. The first kappa shape index (κ1) is 17.6. The molecule has 118 valence electrons. The quantitative estimate of drug-likeness (QED) is 0.742. The summed E-state index contributed by atoms with van der Waals surface area (Å²) in [7, 11) is 0. The number of rotatable bonds is 6. The summed E-state index contributed by atoms with van der Waals surface area (Å²) in [4.78, 5) is 14.6. The third-order valence-corrected chi connectivity index (χ3v) is 3.45. The zero-order chi connectivity index (χ0) is 16.3. The molecule has 1 aromatic heterocycles. The second kappa shape index (κ2) is 6.52. The third-order valence-electron chi connectivity index (χ3n) is 2.54. The first-order valence-electron chi connectivity index (χ1n) is 5.90. The molecule has 1 aromatic rings. The molecule has 1 atom stereocenters. The highest BCUT2D eigenvalue weighted by atomic mass is 32.2. The molecule has 1 rings (SSSR count). The van der Waals surface area contributed by atoms with Gasteiger partial charge in [-0.3, -0.25) is 4.79 Å². The molecular formula is C12H16F3N3O2S. The van der Waals surface area contributed by atoms with Crippen molar-refractivity contribution in [1.82, 2.24) is 4.98 Å². The SMILES string of the molecule is CSCC(C)(O)CNc1nc(C(F)(F)F)ccc1C(N)=O. The van der Waals surface area contributed by atoms with E-state index >= 15 is 0 Å². The number of hydrogen-bond acceptors (Lipinski definition) is 5. The second-order valence-corrected chi connectivity index (χ2v) is 5.60. The highest BCUT2D eigenvalue weighted by Crippen LogP contribution is 2.29. The summed E-state index contributed by atoms with van der Waals surface area (Å²) in [6, 6.07) is 1.65. The number of anilines is 1. The maximum absolute atomic E-state index is 12.6. The molecule has 0 spiro atoms. The number of carbonyl (C=O) groups is 1. The Balaban J connectivity index is 3.05. The molecule has 0 aliphatic rings. The van der Waals surface area contributed by atoms with Crippen molar-refractivity contribution >= 4 is 23.5 Å². The number of aromatic nitrogens is 1. The number of halogens is 3. The fourth-order valence-corrected chi connectivity index (χ4v) is 2.31. The van der Waals surface area contributed by atoms with Crippen LogP contribution >= 0.6 is 11.8 Å². The van der Waals surface area contributed by atoms with E-state index in [0.717, 1.165) is 6.07 Å². The molecule has 1 heterocycles. The predicted octanol–water partition coefficient (Wildman–Crippen LogP) is 1.73. The van der Waals surface area contributed by atoms with E-state index in [-0.39, 0.29) is 17.9 Å². The first-order chi connectivity index (χ1) is 9.57. The molecular weight excluding hydrogens is 307 g/mol. The van der Waals surface area contributed by atoms with Gasteiger partial charge in [0.05, 0.1) is 11.2 Å². The van der Waals surface area contributed by atoms with E-state index in [1.165, 1.54) is 18.7 Å². The number of nitrogens with zero attached hydrogens (tertiary/aromatic N) is 1.